The van der Waals surface area contributed by atoms with Crippen LogP contribution < -0.4 is 0 Å². The number of nitrogens with one attached hydrogen (secondary N) is 1. The first-order chi connectivity index (χ1) is 29.3. The van der Waals surface area contributed by atoms with Gasteiger partial charge < -0.3 is 47.4 Å². The molecular formula is C38H44N6O18. The minimum Gasteiger partial charge on any atom is -0.463 e. The maximum atomic E-state index is 12.5. The van der Waals surface area contributed by atoms with E-state index >= 15 is 0 Å². The number of benzene rings is 1. The van der Waals surface area contributed by atoms with E-state index in [4.69, 9.17) is 47.4 Å². The Morgan fingerprint density at radius 2 is 1.05 bits per heavy atom. The molecule has 10 atom stereocenters. The summed E-state index contributed by atoms with van der Waals surface area (Å²) < 4.78 is 57.2. The Labute approximate surface area is 352 Å². The third-order valence-electron chi connectivity index (χ3n) is 9.00. The Bertz CT molecular complexity index is 2170. The van der Waals surface area contributed by atoms with E-state index in [9.17, 15) is 38.4 Å². The highest BCUT2D eigenvalue weighted by Gasteiger charge is 2.55. The fraction of sp³-hybridized carbons (Fsp3) is 0.526. The van der Waals surface area contributed by atoms with E-state index < -0.39 is 122 Å². The monoisotopic (exact) mass is 872 g/mol. The lowest BCUT2D eigenvalue weighted by Gasteiger charge is -2.44. The van der Waals surface area contributed by atoms with Gasteiger partial charge in [-0.15, -0.1) is 5.10 Å². The van der Waals surface area contributed by atoms with Crippen LogP contribution in [-0.4, -0.2) is 140 Å². The van der Waals surface area contributed by atoms with Gasteiger partial charge in [0.2, 0.25) is 0 Å². The summed E-state index contributed by atoms with van der Waals surface area (Å²) in [4.78, 5) is 97.6. The van der Waals surface area contributed by atoms with Gasteiger partial charge >= 0.3 is 47.8 Å². The average molecular weight is 873 g/mol. The van der Waals surface area contributed by atoms with E-state index in [-0.39, 0.29) is 17.1 Å². The topological polar surface area (TPSA) is 301 Å². The molecule has 2 aliphatic heterocycles. The van der Waals surface area contributed by atoms with Crippen molar-refractivity contribution in [2.24, 2.45) is 0 Å². The molecule has 4 heterocycles. The normalized spacial score (nSPS) is 25.6. The number of esters is 8. The molecule has 0 radical (unpaired) electrons. The minimum absolute atomic E-state index is 0.0424. The molecule has 5 rings (SSSR count). The number of carbonyl (C=O) groups is 8. The molecule has 1 aromatic carbocycles. The van der Waals surface area contributed by atoms with Crippen LogP contribution in [0.2, 0.25) is 0 Å². The maximum Gasteiger partial charge on any atom is 0.303 e. The molecule has 62 heavy (non-hydrogen) atoms. The van der Waals surface area contributed by atoms with E-state index in [0.717, 1.165) is 55.4 Å². The Morgan fingerprint density at radius 3 is 1.58 bits per heavy atom. The van der Waals surface area contributed by atoms with Gasteiger partial charge in [-0.2, -0.15) is 15.4 Å². The van der Waals surface area contributed by atoms with Crippen LogP contribution in [0, 0.1) is 0 Å². The zero-order chi connectivity index (χ0) is 45.4. The number of hydrogen-bond acceptors (Lipinski definition) is 22. The SMILES string of the molecule is CC(=O)OC[C@H]1O[C@@H](c2n[nH]nc2-c2cccc(-c3cn([C@H]4O[C@H](COC(C)=O)[C@@H](OC(C)=O)[C@H](OC(C)=O)[C@@H]4OC(C)=O)nn3)c2)[C@H](OC(C)=O)[C@H](OC(C)=O)[C@@H]1OC(C)=O. The molecule has 2 aliphatic rings. The lowest BCUT2D eigenvalue weighted by Crippen LogP contribution is -2.60. The van der Waals surface area contributed by atoms with Gasteiger partial charge in [0.25, 0.3) is 0 Å². The molecule has 0 amide bonds. The molecule has 24 nitrogen and oxygen atoms in total. The molecular weight excluding hydrogens is 828 g/mol. The van der Waals surface area contributed by atoms with E-state index in [0.29, 0.717) is 11.1 Å². The second-order valence-corrected chi connectivity index (χ2v) is 13.9. The molecule has 2 aromatic heterocycles. The first kappa shape index (κ1) is 46.2. The number of aromatic amines is 1. The second kappa shape index (κ2) is 20.2. The third-order valence-corrected chi connectivity index (χ3v) is 9.00. The minimum atomic E-state index is -1.47. The summed E-state index contributed by atoms with van der Waals surface area (Å²) in [6, 6.07) is 6.59. The summed E-state index contributed by atoms with van der Waals surface area (Å²) >= 11 is 0. The second-order valence-electron chi connectivity index (χ2n) is 13.9. The summed E-state index contributed by atoms with van der Waals surface area (Å²) in [5, 5.41) is 19.6. The summed E-state index contributed by atoms with van der Waals surface area (Å²) in [6.45, 7) is 7.98. The lowest BCUT2D eigenvalue weighted by molar-refractivity contribution is -0.270. The van der Waals surface area contributed by atoms with Crippen LogP contribution in [0.3, 0.4) is 0 Å². The van der Waals surface area contributed by atoms with Crippen molar-refractivity contribution in [1.82, 2.24) is 30.4 Å². The maximum absolute atomic E-state index is 12.5. The Morgan fingerprint density at radius 1 is 0.581 bits per heavy atom. The van der Waals surface area contributed by atoms with E-state index in [1.54, 1.807) is 24.3 Å². The van der Waals surface area contributed by atoms with Gasteiger partial charge in [0.1, 0.15) is 48.6 Å². The zero-order valence-electron chi connectivity index (χ0n) is 34.7. The van der Waals surface area contributed by atoms with Gasteiger partial charge in [-0.05, 0) is 6.07 Å². The van der Waals surface area contributed by atoms with Gasteiger partial charge in [-0.25, -0.2) is 4.68 Å². The molecule has 2 fully saturated rings. The molecule has 0 spiro atoms. The van der Waals surface area contributed by atoms with Crippen molar-refractivity contribution in [2.45, 2.75) is 117 Å². The predicted molar refractivity (Wildman–Crippen MR) is 199 cm³/mol. The number of carbonyl (C=O) groups excluding carboxylic acids is 8. The largest absolute Gasteiger partial charge is 0.463 e. The number of H-pyrrole nitrogens is 1. The van der Waals surface area contributed by atoms with Crippen molar-refractivity contribution in [3.05, 3.63) is 36.2 Å². The molecule has 0 saturated carbocycles. The molecule has 24 heteroatoms. The van der Waals surface area contributed by atoms with Gasteiger partial charge in [0.05, 0.1) is 6.20 Å². The van der Waals surface area contributed by atoms with Crippen LogP contribution in [0.5, 0.6) is 0 Å². The van der Waals surface area contributed by atoms with Crippen LogP contribution in [0.15, 0.2) is 30.5 Å². The van der Waals surface area contributed by atoms with E-state index in [1.165, 1.54) is 10.9 Å². The zero-order valence-corrected chi connectivity index (χ0v) is 34.7. The highest BCUT2D eigenvalue weighted by atomic mass is 16.7. The summed E-state index contributed by atoms with van der Waals surface area (Å²) in [5.41, 5.74) is 1.23. The first-order valence-electron chi connectivity index (χ1n) is 18.9. The summed E-state index contributed by atoms with van der Waals surface area (Å²) in [6.07, 6.45) is -12.5. The van der Waals surface area contributed by atoms with Crippen LogP contribution in [0.4, 0.5) is 0 Å². The predicted octanol–water partition coefficient (Wildman–Crippen LogP) is 0.784. The molecule has 334 valence electrons. The molecule has 0 aliphatic carbocycles. The molecule has 2 saturated heterocycles. The van der Waals surface area contributed by atoms with Crippen molar-refractivity contribution < 1.29 is 85.7 Å². The van der Waals surface area contributed by atoms with Crippen molar-refractivity contribution in [3.8, 4) is 22.5 Å². The fourth-order valence-electron chi connectivity index (χ4n) is 6.88. The van der Waals surface area contributed by atoms with Crippen molar-refractivity contribution in [1.29, 1.82) is 0 Å². The van der Waals surface area contributed by atoms with Gasteiger partial charge in [0, 0.05) is 66.5 Å². The van der Waals surface area contributed by atoms with Crippen LogP contribution >= 0.6 is 0 Å². The highest BCUT2D eigenvalue weighted by molar-refractivity contribution is 5.72. The molecule has 0 unspecified atom stereocenters. The summed E-state index contributed by atoms with van der Waals surface area (Å²) in [7, 11) is 0. The number of ether oxygens (including phenoxy) is 10. The number of hydrogen-bond donors (Lipinski definition) is 1. The van der Waals surface area contributed by atoms with Gasteiger partial charge in [-0.1, -0.05) is 23.4 Å². The number of aromatic nitrogens is 6. The number of nitrogens with zero attached hydrogens (tertiary/aromatic N) is 5. The van der Waals surface area contributed by atoms with Crippen molar-refractivity contribution >= 4 is 47.8 Å². The lowest BCUT2D eigenvalue weighted by atomic mass is 9.91. The Hall–Kier alpha value is -6.82. The molecule has 0 bridgehead atoms. The van der Waals surface area contributed by atoms with Gasteiger partial charge in [-0.3, -0.25) is 38.4 Å². The van der Waals surface area contributed by atoms with E-state index in [2.05, 4.69) is 25.7 Å². The van der Waals surface area contributed by atoms with E-state index in [1.807, 2.05) is 0 Å². The molecule has 1 N–H and O–H groups in total. The fourth-order valence-corrected chi connectivity index (χ4v) is 6.88. The summed E-state index contributed by atoms with van der Waals surface area (Å²) in [5.74, 6) is -6.23. The quantitative estimate of drug-likeness (QED) is 0.173. The van der Waals surface area contributed by atoms with Crippen molar-refractivity contribution in [2.75, 3.05) is 13.2 Å². The third kappa shape index (κ3) is 11.5. The smallest absolute Gasteiger partial charge is 0.303 e. The van der Waals surface area contributed by atoms with Crippen molar-refractivity contribution in [3.63, 3.8) is 0 Å². The standard InChI is InChI=1S/C38H44N6O18/c1-16(45)53-14-27-31(55-18(3)47)34(57-20(5)49)36(59-22(7)51)33(61-27)30-29(40-42-41-30)25-11-9-10-24(12-25)26-13-44(43-39-26)38-37(60-23(8)52)35(58-21(6)50)32(56-19(4)48)28(62-38)15-54-17(2)46/h9-13,27-28,31-38H,14-15H2,1-8H3,(H,40,41,42)/t27-,28-,31-,32-,33+,34-,35+,36+,37+,38+/m1/s1. The average Bonchev–Trinajstić information content (AvgIpc) is 3.87. The van der Waals surface area contributed by atoms with Crippen LogP contribution in [0.1, 0.15) is 73.4 Å². The first-order valence-corrected chi connectivity index (χ1v) is 18.9. The van der Waals surface area contributed by atoms with Crippen LogP contribution in [0.25, 0.3) is 22.5 Å². The Balaban J connectivity index is 1.54. The van der Waals surface area contributed by atoms with Crippen LogP contribution in [-0.2, 0) is 85.7 Å². The Kier molecular flexibility index (Phi) is 15.0. The van der Waals surface area contributed by atoms with Gasteiger partial charge in [0.15, 0.2) is 42.9 Å². The molecule has 3 aromatic rings. The number of rotatable bonds is 14. The highest BCUT2D eigenvalue weighted by Crippen LogP contribution is 2.41.